The summed E-state index contributed by atoms with van der Waals surface area (Å²) in [6.07, 6.45) is 14.6. The lowest BCUT2D eigenvalue weighted by molar-refractivity contribution is -0.195. The van der Waals surface area contributed by atoms with Gasteiger partial charge in [-0.3, -0.25) is 4.79 Å². The molecule has 2 unspecified atom stereocenters. The fourth-order valence-electron chi connectivity index (χ4n) is 6.68. The number of fused-ring (bicyclic) bond motifs is 2. The van der Waals surface area contributed by atoms with Crippen LogP contribution in [-0.4, -0.2) is 11.6 Å². The van der Waals surface area contributed by atoms with Crippen molar-refractivity contribution in [3.8, 4) is 0 Å². The lowest BCUT2D eigenvalue weighted by atomic mass is 9.54. The molecule has 0 heterocycles. The van der Waals surface area contributed by atoms with Gasteiger partial charge in [0.2, 0.25) is 0 Å². The molecular weight excluding hydrogens is 248 g/mol. The van der Waals surface area contributed by atoms with Crippen LogP contribution in [0.2, 0.25) is 0 Å². The van der Waals surface area contributed by atoms with Crippen LogP contribution in [0.15, 0.2) is 0 Å². The Morgan fingerprint density at radius 2 is 1.60 bits per heavy atom. The van der Waals surface area contributed by atoms with Gasteiger partial charge in [0.25, 0.3) is 0 Å². The SMILES string of the molecule is O=C(OC12CC3CC(CC(C3)C1)C2)C12[CH]CC(CC1)C2. The van der Waals surface area contributed by atoms with Gasteiger partial charge < -0.3 is 4.74 Å². The van der Waals surface area contributed by atoms with E-state index in [9.17, 15) is 4.79 Å². The molecule has 1 radical (unpaired) electrons. The van der Waals surface area contributed by atoms with Crippen LogP contribution in [0.25, 0.3) is 0 Å². The highest BCUT2D eigenvalue weighted by Gasteiger charge is 2.57. The smallest absolute Gasteiger partial charge is 0.312 e. The zero-order valence-electron chi connectivity index (χ0n) is 12.3. The van der Waals surface area contributed by atoms with E-state index in [1.165, 1.54) is 44.9 Å². The second-order valence-electron chi connectivity index (χ2n) is 8.69. The third-order valence-electron chi connectivity index (χ3n) is 7.19. The van der Waals surface area contributed by atoms with Crippen LogP contribution in [0.3, 0.4) is 0 Å². The van der Waals surface area contributed by atoms with Crippen LogP contribution in [-0.2, 0) is 9.53 Å². The summed E-state index contributed by atoms with van der Waals surface area (Å²) >= 11 is 0. The number of esters is 1. The van der Waals surface area contributed by atoms with Gasteiger partial charge in [0.1, 0.15) is 5.60 Å². The summed E-state index contributed by atoms with van der Waals surface area (Å²) in [5.74, 6) is 3.50. The van der Waals surface area contributed by atoms with Crippen molar-refractivity contribution < 1.29 is 9.53 Å². The number of ether oxygens (including phenoxy) is 1. The number of hydrogen-bond donors (Lipinski definition) is 0. The maximum Gasteiger partial charge on any atom is 0.312 e. The van der Waals surface area contributed by atoms with E-state index in [-0.39, 0.29) is 17.0 Å². The van der Waals surface area contributed by atoms with Crippen molar-refractivity contribution in [2.75, 3.05) is 0 Å². The molecule has 6 aliphatic carbocycles. The molecule has 2 atom stereocenters. The molecule has 2 nitrogen and oxygen atoms in total. The monoisotopic (exact) mass is 273 g/mol. The molecule has 6 bridgehead atoms. The molecule has 2 heteroatoms. The molecule has 0 aliphatic heterocycles. The first-order chi connectivity index (χ1) is 9.65. The summed E-state index contributed by atoms with van der Waals surface area (Å²) in [6.45, 7) is 0. The predicted molar refractivity (Wildman–Crippen MR) is 75.7 cm³/mol. The van der Waals surface area contributed by atoms with Crippen LogP contribution in [0.5, 0.6) is 0 Å². The Morgan fingerprint density at radius 3 is 2.05 bits per heavy atom. The van der Waals surface area contributed by atoms with E-state index in [1.807, 2.05) is 0 Å². The minimum atomic E-state index is -0.173. The number of hydrogen-bond acceptors (Lipinski definition) is 2. The van der Waals surface area contributed by atoms with Crippen LogP contribution in [0, 0.1) is 35.5 Å². The third kappa shape index (κ3) is 1.60. The summed E-state index contributed by atoms with van der Waals surface area (Å²) in [5, 5.41) is 0. The van der Waals surface area contributed by atoms with Crippen molar-refractivity contribution in [2.24, 2.45) is 29.1 Å². The molecule has 6 fully saturated rings. The molecule has 0 N–H and O–H groups in total. The lowest BCUT2D eigenvalue weighted by Crippen LogP contribution is -2.54. The van der Waals surface area contributed by atoms with Gasteiger partial charge in [0, 0.05) is 0 Å². The molecule has 0 aromatic carbocycles. The summed E-state index contributed by atoms with van der Waals surface area (Å²) < 4.78 is 6.29. The van der Waals surface area contributed by atoms with E-state index in [0.29, 0.717) is 0 Å². The zero-order chi connectivity index (χ0) is 13.4. The largest absolute Gasteiger partial charge is 0.459 e. The first kappa shape index (κ1) is 12.1. The average molecular weight is 273 g/mol. The van der Waals surface area contributed by atoms with Crippen LogP contribution < -0.4 is 0 Å². The molecule has 0 spiro atoms. The average Bonchev–Trinajstić information content (AvgIpc) is 2.98. The van der Waals surface area contributed by atoms with Crippen molar-refractivity contribution in [1.29, 1.82) is 0 Å². The molecule has 0 amide bonds. The van der Waals surface area contributed by atoms with E-state index >= 15 is 0 Å². The topological polar surface area (TPSA) is 26.3 Å². The zero-order valence-corrected chi connectivity index (χ0v) is 12.3. The van der Waals surface area contributed by atoms with Gasteiger partial charge in [-0.05, 0) is 94.3 Å². The molecule has 0 saturated heterocycles. The van der Waals surface area contributed by atoms with Crippen LogP contribution >= 0.6 is 0 Å². The molecule has 20 heavy (non-hydrogen) atoms. The lowest BCUT2D eigenvalue weighted by Gasteiger charge is -2.56. The highest BCUT2D eigenvalue weighted by Crippen LogP contribution is 2.59. The number of carbonyl (C=O) groups excluding carboxylic acids is 1. The summed E-state index contributed by atoms with van der Waals surface area (Å²) in [7, 11) is 0. The summed E-state index contributed by atoms with van der Waals surface area (Å²) in [4.78, 5) is 12.9. The molecule has 0 aromatic rings. The Balaban J connectivity index is 1.37. The van der Waals surface area contributed by atoms with E-state index < -0.39 is 0 Å². The van der Waals surface area contributed by atoms with E-state index in [0.717, 1.165) is 42.9 Å². The van der Waals surface area contributed by atoms with Gasteiger partial charge in [-0.25, -0.2) is 0 Å². The molecule has 0 aromatic heterocycles. The first-order valence-electron chi connectivity index (χ1n) is 8.73. The normalized spacial score (nSPS) is 55.4. The fraction of sp³-hybridized carbons (Fsp3) is 0.889. The van der Waals surface area contributed by atoms with Crippen molar-refractivity contribution in [2.45, 2.75) is 69.8 Å². The van der Waals surface area contributed by atoms with Crippen LogP contribution in [0.1, 0.15) is 64.2 Å². The Labute approximate surface area is 121 Å². The van der Waals surface area contributed by atoms with Crippen molar-refractivity contribution in [3.05, 3.63) is 6.42 Å². The van der Waals surface area contributed by atoms with Crippen molar-refractivity contribution in [3.63, 3.8) is 0 Å². The van der Waals surface area contributed by atoms with E-state index in [4.69, 9.17) is 4.74 Å². The molecule has 6 rings (SSSR count). The fourth-order valence-corrected chi connectivity index (χ4v) is 6.68. The molecule has 6 aliphatic rings. The van der Waals surface area contributed by atoms with Crippen molar-refractivity contribution >= 4 is 5.97 Å². The Bertz CT molecular complexity index is 409. The number of carbonyl (C=O) groups is 1. The maximum atomic E-state index is 12.9. The summed E-state index contributed by atoms with van der Waals surface area (Å²) in [5.41, 5.74) is -0.219. The Hall–Kier alpha value is -0.530. The highest BCUT2D eigenvalue weighted by atomic mass is 16.6. The van der Waals surface area contributed by atoms with E-state index in [1.54, 1.807) is 0 Å². The Kier molecular flexibility index (Phi) is 2.30. The van der Waals surface area contributed by atoms with Gasteiger partial charge in [0.15, 0.2) is 0 Å². The van der Waals surface area contributed by atoms with Gasteiger partial charge in [-0.15, -0.1) is 0 Å². The first-order valence-corrected chi connectivity index (χ1v) is 8.73. The minimum absolute atomic E-state index is 0.0465. The van der Waals surface area contributed by atoms with Gasteiger partial charge in [-0.1, -0.05) is 0 Å². The minimum Gasteiger partial charge on any atom is -0.459 e. The number of rotatable bonds is 2. The molecule has 109 valence electrons. The van der Waals surface area contributed by atoms with Gasteiger partial charge >= 0.3 is 5.97 Å². The molecule has 6 saturated carbocycles. The van der Waals surface area contributed by atoms with Gasteiger partial charge in [-0.2, -0.15) is 0 Å². The highest BCUT2D eigenvalue weighted by molar-refractivity contribution is 5.80. The second-order valence-corrected chi connectivity index (χ2v) is 8.69. The second kappa shape index (κ2) is 3.81. The predicted octanol–water partition coefficient (Wildman–Crippen LogP) is 3.89. The summed E-state index contributed by atoms with van der Waals surface area (Å²) in [6, 6.07) is 0. The Morgan fingerprint density at radius 1 is 0.950 bits per heavy atom. The molecular formula is C18H25O2. The van der Waals surface area contributed by atoms with Crippen LogP contribution in [0.4, 0.5) is 0 Å². The van der Waals surface area contributed by atoms with Gasteiger partial charge in [0.05, 0.1) is 5.41 Å². The standard InChI is InChI=1S/C18H25O2/c19-16(17-3-1-12(8-17)2-4-17)20-18-9-13-5-14(10-18)7-15(6-13)11-18/h3,12-15H,1-2,4-11H2. The van der Waals surface area contributed by atoms with Crippen molar-refractivity contribution in [1.82, 2.24) is 0 Å². The van der Waals surface area contributed by atoms with E-state index in [2.05, 4.69) is 6.42 Å². The quantitative estimate of drug-likeness (QED) is 0.713. The third-order valence-corrected chi connectivity index (χ3v) is 7.19. The maximum absolute atomic E-state index is 12.9.